The molecular weight excluding hydrogens is 332 g/mol. The third-order valence-corrected chi connectivity index (χ3v) is 3.43. The van der Waals surface area contributed by atoms with Gasteiger partial charge in [0.25, 0.3) is 0 Å². The molecule has 21 heavy (non-hydrogen) atoms. The van der Waals surface area contributed by atoms with Crippen LogP contribution in [0.1, 0.15) is 20.8 Å². The Morgan fingerprint density at radius 3 is 2.81 bits per heavy atom. The van der Waals surface area contributed by atoms with E-state index in [2.05, 4.69) is 50.4 Å². The first-order chi connectivity index (χ1) is 9.97. The molecule has 2 rings (SSSR count). The summed E-state index contributed by atoms with van der Waals surface area (Å²) >= 11 is 3.38. The molecule has 2 heterocycles. The fourth-order valence-corrected chi connectivity index (χ4v) is 2.20. The minimum atomic E-state index is -0.334. The lowest BCUT2D eigenvalue weighted by Crippen LogP contribution is -2.39. The number of fused-ring (bicyclic) bond motifs is 1. The third kappa shape index (κ3) is 4.14. The van der Waals surface area contributed by atoms with Crippen LogP contribution in [0, 0.1) is 5.92 Å². The molecule has 5 nitrogen and oxygen atoms in total. The molecule has 0 saturated carbocycles. The summed E-state index contributed by atoms with van der Waals surface area (Å²) in [6.45, 7) is 6.64. The van der Waals surface area contributed by atoms with Gasteiger partial charge >= 0.3 is 0 Å². The summed E-state index contributed by atoms with van der Waals surface area (Å²) in [7, 11) is 0. The van der Waals surface area contributed by atoms with E-state index in [-0.39, 0.29) is 11.9 Å². The van der Waals surface area contributed by atoms with Crippen molar-refractivity contribution in [3.63, 3.8) is 0 Å². The van der Waals surface area contributed by atoms with Gasteiger partial charge in [0.1, 0.15) is 11.6 Å². The number of amides is 1. The number of nitrogens with one attached hydrogen (secondary N) is 2. The Morgan fingerprint density at radius 2 is 2.10 bits per heavy atom. The highest BCUT2D eigenvalue weighted by molar-refractivity contribution is 9.10. The number of nitrogens with zero attached hydrogens (tertiary/aromatic N) is 2. The molecule has 112 valence electrons. The molecule has 0 radical (unpaired) electrons. The van der Waals surface area contributed by atoms with Crippen LogP contribution in [0.4, 0.5) is 5.69 Å². The maximum Gasteiger partial charge on any atom is 0.242 e. The highest BCUT2D eigenvalue weighted by atomic mass is 79.9. The van der Waals surface area contributed by atoms with Gasteiger partial charge in [0, 0.05) is 23.4 Å². The van der Waals surface area contributed by atoms with E-state index in [1.807, 2.05) is 19.1 Å². The number of rotatable bonds is 5. The van der Waals surface area contributed by atoms with Crippen molar-refractivity contribution in [2.24, 2.45) is 5.92 Å². The first-order valence-electron chi connectivity index (χ1n) is 6.92. The van der Waals surface area contributed by atoms with Gasteiger partial charge in [-0.2, -0.15) is 0 Å². The van der Waals surface area contributed by atoms with Gasteiger partial charge in [0.05, 0.1) is 11.2 Å². The van der Waals surface area contributed by atoms with Crippen LogP contribution in [0.5, 0.6) is 0 Å². The monoisotopic (exact) mass is 350 g/mol. The van der Waals surface area contributed by atoms with Gasteiger partial charge in [-0.15, -0.1) is 0 Å². The quantitative estimate of drug-likeness (QED) is 0.869. The van der Waals surface area contributed by atoms with E-state index in [1.165, 1.54) is 0 Å². The largest absolute Gasteiger partial charge is 0.372 e. The van der Waals surface area contributed by atoms with Crippen LogP contribution in [0.3, 0.4) is 0 Å². The van der Waals surface area contributed by atoms with Crippen molar-refractivity contribution in [2.75, 3.05) is 11.9 Å². The van der Waals surface area contributed by atoms with Gasteiger partial charge in [-0.25, -0.2) is 0 Å². The van der Waals surface area contributed by atoms with Crippen molar-refractivity contribution in [1.82, 2.24) is 15.3 Å². The number of carbonyl (C=O) groups is 1. The van der Waals surface area contributed by atoms with Crippen molar-refractivity contribution in [3.8, 4) is 0 Å². The highest BCUT2D eigenvalue weighted by Gasteiger charge is 2.14. The lowest BCUT2D eigenvalue weighted by molar-refractivity contribution is -0.121. The number of hydrogen-bond acceptors (Lipinski definition) is 4. The van der Waals surface area contributed by atoms with Gasteiger partial charge in [0.15, 0.2) is 0 Å². The molecule has 2 aromatic rings. The minimum Gasteiger partial charge on any atom is -0.372 e. The molecule has 0 bridgehead atoms. The lowest BCUT2D eigenvalue weighted by Gasteiger charge is -2.17. The zero-order chi connectivity index (χ0) is 15.4. The number of carbonyl (C=O) groups excluding carboxylic acids is 1. The molecule has 0 spiro atoms. The number of pyridine rings is 2. The Bertz CT molecular complexity index is 645. The molecule has 2 N–H and O–H groups in total. The smallest absolute Gasteiger partial charge is 0.242 e. The van der Waals surface area contributed by atoms with E-state index in [0.29, 0.717) is 12.5 Å². The normalized spacial score (nSPS) is 12.4. The number of aromatic nitrogens is 2. The predicted octanol–water partition coefficient (Wildman–Crippen LogP) is 2.96. The van der Waals surface area contributed by atoms with E-state index in [0.717, 1.165) is 21.2 Å². The molecule has 1 unspecified atom stereocenters. The van der Waals surface area contributed by atoms with Crippen LogP contribution in [-0.4, -0.2) is 28.5 Å². The summed E-state index contributed by atoms with van der Waals surface area (Å²) in [5.41, 5.74) is 2.34. The van der Waals surface area contributed by atoms with Crippen molar-refractivity contribution >= 4 is 38.6 Å². The predicted molar refractivity (Wildman–Crippen MR) is 88.2 cm³/mol. The van der Waals surface area contributed by atoms with Crippen molar-refractivity contribution < 1.29 is 4.79 Å². The van der Waals surface area contributed by atoms with Crippen molar-refractivity contribution in [2.45, 2.75) is 26.8 Å². The molecule has 0 fully saturated rings. The topological polar surface area (TPSA) is 66.9 Å². The number of halogens is 1. The SMILES string of the molecule is CC(C)CNC(=O)C(C)Nc1ccnc2cc(Br)cnc12. The van der Waals surface area contributed by atoms with Gasteiger partial charge in [-0.05, 0) is 40.9 Å². The molecule has 2 aromatic heterocycles. The molecule has 1 atom stereocenters. The molecule has 6 heteroatoms. The maximum absolute atomic E-state index is 12.0. The van der Waals surface area contributed by atoms with Gasteiger partial charge in [-0.1, -0.05) is 13.8 Å². The summed E-state index contributed by atoms with van der Waals surface area (Å²) in [5, 5.41) is 6.11. The van der Waals surface area contributed by atoms with E-state index in [1.54, 1.807) is 12.4 Å². The van der Waals surface area contributed by atoms with Crippen LogP contribution < -0.4 is 10.6 Å². The summed E-state index contributed by atoms with van der Waals surface area (Å²) in [5.74, 6) is 0.410. The summed E-state index contributed by atoms with van der Waals surface area (Å²) in [4.78, 5) is 20.7. The molecular formula is C15H19BrN4O. The highest BCUT2D eigenvalue weighted by Crippen LogP contribution is 2.22. The van der Waals surface area contributed by atoms with Crippen LogP contribution >= 0.6 is 15.9 Å². The van der Waals surface area contributed by atoms with Gasteiger partial charge < -0.3 is 10.6 Å². The second kappa shape index (κ2) is 6.85. The Labute approximate surface area is 132 Å². The van der Waals surface area contributed by atoms with Gasteiger partial charge in [0.2, 0.25) is 5.91 Å². The van der Waals surface area contributed by atoms with Crippen LogP contribution in [0.2, 0.25) is 0 Å². The third-order valence-electron chi connectivity index (χ3n) is 2.99. The molecule has 0 aliphatic heterocycles. The Balaban J connectivity index is 2.14. The lowest BCUT2D eigenvalue weighted by atomic mass is 10.2. The number of hydrogen-bond donors (Lipinski definition) is 2. The zero-order valence-corrected chi connectivity index (χ0v) is 13.9. The van der Waals surface area contributed by atoms with E-state index in [4.69, 9.17) is 0 Å². The summed E-state index contributed by atoms with van der Waals surface area (Å²) < 4.78 is 0.877. The molecule has 0 saturated heterocycles. The summed E-state index contributed by atoms with van der Waals surface area (Å²) in [6.07, 6.45) is 3.43. The Kier molecular flexibility index (Phi) is 5.12. The summed E-state index contributed by atoms with van der Waals surface area (Å²) in [6, 6.07) is 3.40. The molecule has 1 amide bonds. The Hall–Kier alpha value is -1.69. The standard InChI is InChI=1S/C15H19BrN4O/c1-9(2)7-19-15(21)10(3)20-12-4-5-17-13-6-11(16)8-18-14(12)13/h4-6,8-10H,7H2,1-3H3,(H,17,20)(H,19,21). The second-order valence-electron chi connectivity index (χ2n) is 5.38. The van der Waals surface area contributed by atoms with Crippen LogP contribution in [0.25, 0.3) is 11.0 Å². The fraction of sp³-hybridized carbons (Fsp3) is 0.400. The average Bonchev–Trinajstić information content (AvgIpc) is 2.44. The minimum absolute atomic E-state index is 0.0224. The molecule has 0 aliphatic rings. The first-order valence-corrected chi connectivity index (χ1v) is 7.71. The second-order valence-corrected chi connectivity index (χ2v) is 6.30. The van der Waals surface area contributed by atoms with Crippen LogP contribution in [-0.2, 0) is 4.79 Å². The maximum atomic E-state index is 12.0. The fourth-order valence-electron chi connectivity index (χ4n) is 1.88. The van der Waals surface area contributed by atoms with E-state index >= 15 is 0 Å². The zero-order valence-electron chi connectivity index (χ0n) is 12.4. The van der Waals surface area contributed by atoms with Crippen molar-refractivity contribution in [1.29, 1.82) is 0 Å². The van der Waals surface area contributed by atoms with Gasteiger partial charge in [-0.3, -0.25) is 14.8 Å². The van der Waals surface area contributed by atoms with E-state index < -0.39 is 0 Å². The van der Waals surface area contributed by atoms with Crippen molar-refractivity contribution in [3.05, 3.63) is 29.0 Å². The Morgan fingerprint density at radius 1 is 1.33 bits per heavy atom. The molecule has 0 aliphatic carbocycles. The van der Waals surface area contributed by atoms with E-state index in [9.17, 15) is 4.79 Å². The average molecular weight is 351 g/mol. The molecule has 0 aromatic carbocycles. The number of anilines is 1. The van der Waals surface area contributed by atoms with Crippen LogP contribution in [0.15, 0.2) is 29.0 Å². The first kappa shape index (κ1) is 15.7.